The first-order valence-corrected chi connectivity index (χ1v) is 6.31. The van der Waals surface area contributed by atoms with E-state index in [2.05, 4.69) is 34.5 Å². The molecule has 0 fully saturated rings. The van der Waals surface area contributed by atoms with Gasteiger partial charge in [0.15, 0.2) is 11.5 Å². The Labute approximate surface area is 111 Å². The lowest BCUT2D eigenvalue weighted by Crippen LogP contribution is -2.30. The predicted molar refractivity (Wildman–Crippen MR) is 75.2 cm³/mol. The summed E-state index contributed by atoms with van der Waals surface area (Å²) in [4.78, 5) is 0. The fourth-order valence-corrected chi connectivity index (χ4v) is 2.25. The largest absolute Gasteiger partial charge is 0.373 e. The summed E-state index contributed by atoms with van der Waals surface area (Å²) in [5.74, 6) is 0.861. The van der Waals surface area contributed by atoms with E-state index in [9.17, 15) is 0 Å². The van der Waals surface area contributed by atoms with Gasteiger partial charge in [0.2, 0.25) is 0 Å². The maximum atomic E-state index is 4.28. The molecule has 0 radical (unpaired) electrons. The zero-order chi connectivity index (χ0) is 13.5. The van der Waals surface area contributed by atoms with Gasteiger partial charge in [0.05, 0.1) is 5.54 Å². The summed E-state index contributed by atoms with van der Waals surface area (Å²) in [5, 5.41) is 15.2. The van der Waals surface area contributed by atoms with E-state index in [1.807, 2.05) is 47.8 Å². The van der Waals surface area contributed by atoms with E-state index in [1.165, 1.54) is 0 Å². The van der Waals surface area contributed by atoms with E-state index in [0.29, 0.717) is 0 Å². The molecule has 3 rings (SSSR count). The molecular weight excluding hydrogens is 238 g/mol. The number of para-hydroxylation sites is 1. The molecule has 0 atom stereocenters. The molecule has 19 heavy (non-hydrogen) atoms. The third kappa shape index (κ3) is 2.07. The van der Waals surface area contributed by atoms with Crippen LogP contribution in [-0.2, 0) is 5.54 Å². The van der Waals surface area contributed by atoms with Gasteiger partial charge in [-0.15, -0.1) is 10.2 Å². The van der Waals surface area contributed by atoms with Gasteiger partial charge in [0.1, 0.15) is 0 Å². The van der Waals surface area contributed by atoms with Crippen LogP contribution in [0.1, 0.15) is 25.4 Å². The van der Waals surface area contributed by atoms with Crippen molar-refractivity contribution in [3.8, 4) is 0 Å². The Bertz CT molecular complexity index is 693. The number of nitrogens with zero attached hydrogens (tertiary/aromatic N) is 3. The minimum absolute atomic E-state index is 0.321. The minimum atomic E-state index is -0.321. The molecule has 0 saturated heterocycles. The van der Waals surface area contributed by atoms with Gasteiger partial charge in [-0.2, -0.15) is 0 Å². The number of hydrogen-bond acceptors (Lipinski definition) is 3. The molecule has 0 aliphatic heterocycles. The summed E-state index contributed by atoms with van der Waals surface area (Å²) in [6.07, 6.45) is 0. The van der Waals surface area contributed by atoms with Crippen molar-refractivity contribution in [2.24, 2.45) is 0 Å². The number of H-pyrrole nitrogens is 1. The van der Waals surface area contributed by atoms with Crippen molar-refractivity contribution < 1.29 is 0 Å². The molecule has 0 spiro atoms. The highest BCUT2D eigenvalue weighted by Gasteiger charge is 2.27. The zero-order valence-electron chi connectivity index (χ0n) is 11.3. The summed E-state index contributed by atoms with van der Waals surface area (Å²) < 4.78 is 1.92. The Kier molecular flexibility index (Phi) is 2.55. The molecule has 5 heteroatoms. The van der Waals surface area contributed by atoms with Gasteiger partial charge in [-0.25, -0.2) is 4.52 Å². The normalized spacial score (nSPS) is 11.9. The molecule has 2 heterocycles. The van der Waals surface area contributed by atoms with Crippen molar-refractivity contribution in [3.05, 3.63) is 47.9 Å². The summed E-state index contributed by atoms with van der Waals surface area (Å²) in [6.45, 7) is 6.19. The molecule has 98 valence electrons. The van der Waals surface area contributed by atoms with Crippen LogP contribution in [0.5, 0.6) is 0 Å². The first-order valence-electron chi connectivity index (χ1n) is 6.31. The van der Waals surface area contributed by atoms with E-state index < -0.39 is 0 Å². The average Bonchev–Trinajstić information content (AvgIpc) is 2.88. The van der Waals surface area contributed by atoms with Crippen LogP contribution in [0, 0.1) is 6.92 Å². The van der Waals surface area contributed by atoms with Crippen LogP contribution in [0.15, 0.2) is 36.4 Å². The molecule has 3 aromatic rings. The van der Waals surface area contributed by atoms with Crippen molar-refractivity contribution >= 4 is 11.3 Å². The Morgan fingerprint density at radius 1 is 1.16 bits per heavy atom. The number of fused-ring (bicyclic) bond motifs is 1. The molecular formula is C14H17N5. The van der Waals surface area contributed by atoms with Crippen LogP contribution in [-0.4, -0.2) is 19.8 Å². The molecule has 0 aliphatic carbocycles. The second-order valence-electron chi connectivity index (χ2n) is 5.27. The third-order valence-electron chi connectivity index (χ3n) is 3.11. The van der Waals surface area contributed by atoms with Crippen molar-refractivity contribution in [2.45, 2.75) is 26.3 Å². The predicted octanol–water partition coefficient (Wildman–Crippen LogP) is 2.71. The van der Waals surface area contributed by atoms with Crippen molar-refractivity contribution in [2.75, 3.05) is 5.32 Å². The zero-order valence-corrected chi connectivity index (χ0v) is 11.3. The monoisotopic (exact) mass is 255 g/mol. The van der Waals surface area contributed by atoms with E-state index in [1.54, 1.807) is 0 Å². The average molecular weight is 255 g/mol. The fraction of sp³-hybridized carbons (Fsp3) is 0.286. The van der Waals surface area contributed by atoms with Crippen LogP contribution in [0.2, 0.25) is 0 Å². The Morgan fingerprint density at radius 3 is 2.63 bits per heavy atom. The first-order chi connectivity index (χ1) is 9.06. The lowest BCUT2D eigenvalue weighted by atomic mass is 10.0. The molecule has 2 N–H and O–H groups in total. The standard InChI is InChI=1S/C14H17N5/c1-10-9-12-16-17-13(19(12)18-10)14(2,3)15-11-7-5-4-6-8-11/h4-9,15,18H,1-3H3. The Hall–Kier alpha value is -2.30. The van der Waals surface area contributed by atoms with Crippen LogP contribution >= 0.6 is 0 Å². The van der Waals surface area contributed by atoms with Gasteiger partial charge in [-0.05, 0) is 32.9 Å². The molecule has 0 bridgehead atoms. The highest BCUT2D eigenvalue weighted by molar-refractivity contribution is 5.47. The van der Waals surface area contributed by atoms with Crippen LogP contribution in [0.3, 0.4) is 0 Å². The maximum absolute atomic E-state index is 4.28. The number of anilines is 1. The second kappa shape index (κ2) is 4.12. The summed E-state index contributed by atoms with van der Waals surface area (Å²) >= 11 is 0. The molecule has 0 unspecified atom stereocenters. The van der Waals surface area contributed by atoms with Crippen molar-refractivity contribution in [3.63, 3.8) is 0 Å². The highest BCUT2D eigenvalue weighted by atomic mass is 15.4. The van der Waals surface area contributed by atoms with Gasteiger partial charge in [0, 0.05) is 17.4 Å². The quantitative estimate of drug-likeness (QED) is 0.756. The topological polar surface area (TPSA) is 58.0 Å². The van der Waals surface area contributed by atoms with E-state index in [-0.39, 0.29) is 5.54 Å². The number of hydrogen-bond donors (Lipinski definition) is 2. The maximum Gasteiger partial charge on any atom is 0.177 e. The minimum Gasteiger partial charge on any atom is -0.373 e. The van der Waals surface area contributed by atoms with Crippen molar-refractivity contribution in [1.82, 2.24) is 19.8 Å². The summed E-state index contributed by atoms with van der Waals surface area (Å²) in [6, 6.07) is 12.1. The highest BCUT2D eigenvalue weighted by Crippen LogP contribution is 2.24. The number of aryl methyl sites for hydroxylation is 1. The Balaban J connectivity index is 1.99. The number of benzene rings is 1. The van der Waals surface area contributed by atoms with Crippen LogP contribution in [0.4, 0.5) is 5.69 Å². The van der Waals surface area contributed by atoms with E-state index >= 15 is 0 Å². The number of nitrogens with one attached hydrogen (secondary N) is 2. The lowest BCUT2D eigenvalue weighted by Gasteiger charge is -2.25. The molecule has 0 aliphatic rings. The second-order valence-corrected chi connectivity index (χ2v) is 5.27. The summed E-state index contributed by atoms with van der Waals surface area (Å²) in [7, 11) is 0. The van der Waals surface area contributed by atoms with Crippen molar-refractivity contribution in [1.29, 1.82) is 0 Å². The molecule has 5 nitrogen and oxygen atoms in total. The molecule has 0 amide bonds. The fourth-order valence-electron chi connectivity index (χ4n) is 2.25. The van der Waals surface area contributed by atoms with Gasteiger partial charge < -0.3 is 5.32 Å². The van der Waals surface area contributed by atoms with Gasteiger partial charge in [-0.3, -0.25) is 5.10 Å². The number of aromatic nitrogens is 4. The Morgan fingerprint density at radius 2 is 1.89 bits per heavy atom. The SMILES string of the molecule is Cc1cc2nnc(C(C)(C)Nc3ccccc3)n2[nH]1. The third-order valence-corrected chi connectivity index (χ3v) is 3.11. The molecule has 1 aromatic carbocycles. The first kappa shape index (κ1) is 11.8. The summed E-state index contributed by atoms with van der Waals surface area (Å²) in [5.41, 5.74) is 2.66. The van der Waals surface area contributed by atoms with Gasteiger partial charge in [0.25, 0.3) is 0 Å². The molecule has 0 saturated carbocycles. The van der Waals surface area contributed by atoms with Crippen LogP contribution in [0.25, 0.3) is 5.65 Å². The molecule has 2 aromatic heterocycles. The van der Waals surface area contributed by atoms with Crippen LogP contribution < -0.4 is 5.32 Å². The van der Waals surface area contributed by atoms with E-state index in [4.69, 9.17) is 0 Å². The van der Waals surface area contributed by atoms with Gasteiger partial charge in [-0.1, -0.05) is 18.2 Å². The lowest BCUT2D eigenvalue weighted by molar-refractivity contribution is 0.543. The number of rotatable bonds is 3. The smallest absolute Gasteiger partial charge is 0.177 e. The van der Waals surface area contributed by atoms with Gasteiger partial charge >= 0.3 is 0 Å². The van der Waals surface area contributed by atoms with E-state index in [0.717, 1.165) is 22.9 Å². The number of aromatic amines is 1.